The third-order valence-corrected chi connectivity index (χ3v) is 4.58. The Hall–Kier alpha value is -1.96. The van der Waals surface area contributed by atoms with Gasteiger partial charge < -0.3 is 15.2 Å². The number of nitrogens with one attached hydrogen (secondary N) is 1. The SMILES string of the molecule is CC(C)(C)OC(=O)CNC(=O)Cc1csc(-c2ccc(Cl)cc2CCO)n1. The van der Waals surface area contributed by atoms with Gasteiger partial charge in [-0.2, -0.15) is 0 Å². The molecule has 0 saturated carbocycles. The molecule has 0 spiro atoms. The van der Waals surface area contributed by atoms with E-state index in [2.05, 4.69) is 10.3 Å². The van der Waals surface area contributed by atoms with Crippen LogP contribution in [-0.4, -0.2) is 40.7 Å². The number of aliphatic hydroxyl groups is 1. The van der Waals surface area contributed by atoms with E-state index in [0.717, 1.165) is 16.1 Å². The van der Waals surface area contributed by atoms with Crippen LogP contribution in [0, 0.1) is 0 Å². The quantitative estimate of drug-likeness (QED) is 0.685. The van der Waals surface area contributed by atoms with Gasteiger partial charge in [0.15, 0.2) is 0 Å². The molecule has 6 nitrogen and oxygen atoms in total. The fraction of sp³-hybridized carbons (Fsp3) is 0.421. The van der Waals surface area contributed by atoms with E-state index >= 15 is 0 Å². The van der Waals surface area contributed by atoms with Gasteiger partial charge in [0.1, 0.15) is 17.2 Å². The van der Waals surface area contributed by atoms with Crippen molar-refractivity contribution in [3.63, 3.8) is 0 Å². The highest BCUT2D eigenvalue weighted by atomic mass is 35.5. The number of carbonyl (C=O) groups is 2. The van der Waals surface area contributed by atoms with Gasteiger partial charge in [-0.1, -0.05) is 17.7 Å². The van der Waals surface area contributed by atoms with Crippen LogP contribution in [0.1, 0.15) is 32.0 Å². The fourth-order valence-corrected chi connectivity index (χ4v) is 3.46. The third-order valence-electron chi connectivity index (χ3n) is 3.42. The van der Waals surface area contributed by atoms with E-state index in [1.165, 1.54) is 11.3 Å². The molecular weight excluding hydrogens is 388 g/mol. The highest BCUT2D eigenvalue weighted by molar-refractivity contribution is 7.13. The maximum atomic E-state index is 12.0. The maximum absolute atomic E-state index is 12.0. The molecule has 0 fully saturated rings. The Morgan fingerprint density at radius 3 is 2.74 bits per heavy atom. The molecule has 0 saturated heterocycles. The Kier molecular flexibility index (Phi) is 7.35. The molecule has 8 heteroatoms. The summed E-state index contributed by atoms with van der Waals surface area (Å²) in [6, 6.07) is 5.44. The fourth-order valence-electron chi connectivity index (χ4n) is 2.39. The molecule has 0 aliphatic rings. The Balaban J connectivity index is 1.98. The number of amides is 1. The minimum absolute atomic E-state index is 0.0125. The highest BCUT2D eigenvalue weighted by Gasteiger charge is 2.17. The van der Waals surface area contributed by atoms with Crippen LogP contribution in [0.2, 0.25) is 5.02 Å². The average Bonchev–Trinajstić information content (AvgIpc) is 3.00. The molecule has 0 bridgehead atoms. The van der Waals surface area contributed by atoms with E-state index in [1.54, 1.807) is 32.2 Å². The summed E-state index contributed by atoms with van der Waals surface area (Å²) in [4.78, 5) is 28.2. The Labute approximate surface area is 167 Å². The van der Waals surface area contributed by atoms with Crippen LogP contribution in [0.3, 0.4) is 0 Å². The molecular formula is C19H23ClN2O4S. The van der Waals surface area contributed by atoms with Gasteiger partial charge in [-0.3, -0.25) is 9.59 Å². The van der Waals surface area contributed by atoms with E-state index in [9.17, 15) is 14.7 Å². The topological polar surface area (TPSA) is 88.5 Å². The average molecular weight is 411 g/mol. The molecule has 1 amide bonds. The summed E-state index contributed by atoms with van der Waals surface area (Å²) in [5, 5.41) is 14.9. The lowest BCUT2D eigenvalue weighted by Crippen LogP contribution is -2.35. The monoisotopic (exact) mass is 410 g/mol. The first kappa shape index (κ1) is 21.3. The second-order valence-electron chi connectivity index (χ2n) is 6.96. The first-order valence-electron chi connectivity index (χ1n) is 8.50. The van der Waals surface area contributed by atoms with Gasteiger partial charge >= 0.3 is 5.97 Å². The van der Waals surface area contributed by atoms with Crippen LogP contribution in [-0.2, 0) is 27.2 Å². The van der Waals surface area contributed by atoms with Crippen LogP contribution in [0.5, 0.6) is 0 Å². The molecule has 0 atom stereocenters. The van der Waals surface area contributed by atoms with Gasteiger partial charge in [0.05, 0.1) is 12.1 Å². The number of thiazole rings is 1. The molecule has 1 aromatic carbocycles. The molecule has 0 radical (unpaired) electrons. The van der Waals surface area contributed by atoms with Crippen molar-refractivity contribution >= 4 is 34.8 Å². The number of aliphatic hydroxyl groups excluding tert-OH is 1. The van der Waals surface area contributed by atoms with Gasteiger partial charge in [0.2, 0.25) is 5.91 Å². The third kappa shape index (κ3) is 6.93. The van der Waals surface area contributed by atoms with Crippen molar-refractivity contribution in [2.75, 3.05) is 13.2 Å². The number of benzene rings is 1. The van der Waals surface area contributed by atoms with Gasteiger partial charge in [-0.15, -0.1) is 11.3 Å². The number of nitrogens with zero attached hydrogens (tertiary/aromatic N) is 1. The molecule has 0 unspecified atom stereocenters. The second kappa shape index (κ2) is 9.30. The lowest BCUT2D eigenvalue weighted by Gasteiger charge is -2.19. The number of ether oxygens (including phenoxy) is 1. The molecule has 0 aliphatic heterocycles. The zero-order valence-corrected chi connectivity index (χ0v) is 17.1. The van der Waals surface area contributed by atoms with Gasteiger partial charge in [0, 0.05) is 22.6 Å². The first-order valence-corrected chi connectivity index (χ1v) is 9.76. The summed E-state index contributed by atoms with van der Waals surface area (Å²) in [5.41, 5.74) is 1.82. The molecule has 2 rings (SSSR count). The van der Waals surface area contributed by atoms with Gasteiger partial charge in [-0.05, 0) is 44.9 Å². The Morgan fingerprint density at radius 1 is 1.33 bits per heavy atom. The molecule has 1 heterocycles. The minimum Gasteiger partial charge on any atom is -0.459 e. The van der Waals surface area contributed by atoms with Crippen molar-refractivity contribution in [3.05, 3.63) is 39.9 Å². The van der Waals surface area contributed by atoms with Crippen LogP contribution in [0.15, 0.2) is 23.6 Å². The molecule has 2 N–H and O–H groups in total. The molecule has 0 aliphatic carbocycles. The summed E-state index contributed by atoms with van der Waals surface area (Å²) < 4.78 is 5.15. The summed E-state index contributed by atoms with van der Waals surface area (Å²) in [6.07, 6.45) is 0.545. The van der Waals surface area contributed by atoms with Crippen LogP contribution in [0.4, 0.5) is 0 Å². The van der Waals surface area contributed by atoms with Crippen molar-refractivity contribution < 1.29 is 19.4 Å². The van der Waals surface area contributed by atoms with Crippen molar-refractivity contribution in [3.8, 4) is 10.6 Å². The summed E-state index contributed by atoms with van der Waals surface area (Å²) >= 11 is 7.44. The molecule has 146 valence electrons. The van der Waals surface area contributed by atoms with E-state index in [0.29, 0.717) is 17.1 Å². The largest absolute Gasteiger partial charge is 0.459 e. The maximum Gasteiger partial charge on any atom is 0.325 e. The number of hydrogen-bond acceptors (Lipinski definition) is 6. The molecule has 1 aromatic heterocycles. The second-order valence-corrected chi connectivity index (χ2v) is 8.25. The Bertz CT molecular complexity index is 814. The lowest BCUT2D eigenvalue weighted by atomic mass is 10.1. The number of rotatable bonds is 7. The van der Waals surface area contributed by atoms with Gasteiger partial charge in [0.25, 0.3) is 0 Å². The van der Waals surface area contributed by atoms with E-state index in [-0.39, 0.29) is 25.5 Å². The lowest BCUT2D eigenvalue weighted by molar-refractivity contribution is -0.154. The highest BCUT2D eigenvalue weighted by Crippen LogP contribution is 2.29. The summed E-state index contributed by atoms with van der Waals surface area (Å²) in [6.45, 7) is 5.14. The van der Waals surface area contributed by atoms with Crippen LogP contribution in [0.25, 0.3) is 10.6 Å². The minimum atomic E-state index is -0.587. The van der Waals surface area contributed by atoms with Gasteiger partial charge in [-0.25, -0.2) is 4.98 Å². The van der Waals surface area contributed by atoms with Crippen LogP contribution >= 0.6 is 22.9 Å². The number of halogens is 1. The zero-order valence-electron chi connectivity index (χ0n) is 15.5. The Morgan fingerprint density at radius 2 is 2.07 bits per heavy atom. The van der Waals surface area contributed by atoms with E-state index in [1.807, 2.05) is 12.1 Å². The van der Waals surface area contributed by atoms with E-state index < -0.39 is 11.6 Å². The molecule has 2 aromatic rings. The smallest absolute Gasteiger partial charge is 0.325 e. The van der Waals surface area contributed by atoms with Crippen molar-refractivity contribution in [2.45, 2.75) is 39.2 Å². The molecule has 27 heavy (non-hydrogen) atoms. The zero-order chi connectivity index (χ0) is 20.0. The summed E-state index contributed by atoms with van der Waals surface area (Å²) in [5.74, 6) is -0.783. The van der Waals surface area contributed by atoms with Crippen LogP contribution < -0.4 is 5.32 Å². The predicted octanol–water partition coefficient (Wildman–Crippen LogP) is 3.00. The predicted molar refractivity (Wildman–Crippen MR) is 106 cm³/mol. The van der Waals surface area contributed by atoms with Crippen molar-refractivity contribution in [1.82, 2.24) is 10.3 Å². The first-order chi connectivity index (χ1) is 12.7. The van der Waals surface area contributed by atoms with Crippen molar-refractivity contribution in [2.24, 2.45) is 0 Å². The van der Waals surface area contributed by atoms with Crippen molar-refractivity contribution in [1.29, 1.82) is 0 Å². The standard InChI is InChI=1S/C19H23ClN2O4S/c1-19(2,3)26-17(25)10-21-16(24)9-14-11-27-18(22-14)15-5-4-13(20)8-12(15)6-7-23/h4-5,8,11,23H,6-7,9-10H2,1-3H3,(H,21,24). The number of hydrogen-bond donors (Lipinski definition) is 2. The van der Waals surface area contributed by atoms with E-state index in [4.69, 9.17) is 16.3 Å². The summed E-state index contributed by atoms with van der Waals surface area (Å²) in [7, 11) is 0. The number of aromatic nitrogens is 1. The normalized spacial score (nSPS) is 11.3. The number of esters is 1. The number of carbonyl (C=O) groups excluding carboxylic acids is 2.